The Morgan fingerprint density at radius 1 is 0.871 bits per heavy atom. The van der Waals surface area contributed by atoms with E-state index in [1.165, 1.54) is 24.3 Å². The van der Waals surface area contributed by atoms with Crippen LogP contribution in [0.15, 0.2) is 36.4 Å². The topological polar surface area (TPSA) is 9.23 Å². The van der Waals surface area contributed by atoms with Crippen molar-refractivity contribution in [1.82, 2.24) is 0 Å². The van der Waals surface area contributed by atoms with Gasteiger partial charge in [0.15, 0.2) is 11.6 Å². The molecule has 3 aromatic rings. The molecule has 0 heterocycles. The van der Waals surface area contributed by atoms with E-state index in [4.69, 9.17) is 0 Å². The minimum absolute atomic E-state index is 0.0906. The Labute approximate surface area is 173 Å². The molecule has 1 nitrogen and oxygen atoms in total. The molecule has 0 N–H and O–H groups in total. The second-order valence-electron chi connectivity index (χ2n) is 6.77. The van der Waals surface area contributed by atoms with Crippen LogP contribution >= 0.6 is 0 Å². The number of benzene rings is 3. The first kappa shape index (κ1) is 22.5. The minimum Gasteiger partial charge on any atom is -0.399 e. The van der Waals surface area contributed by atoms with Gasteiger partial charge in [0.1, 0.15) is 11.6 Å². The van der Waals surface area contributed by atoms with E-state index in [9.17, 15) is 30.7 Å². The van der Waals surface area contributed by atoms with Gasteiger partial charge in [0.2, 0.25) is 5.75 Å². The molecule has 0 atom stereocenters. The predicted octanol–water partition coefficient (Wildman–Crippen LogP) is 7.04. The van der Waals surface area contributed by atoms with Crippen LogP contribution in [0.5, 0.6) is 5.75 Å². The van der Waals surface area contributed by atoms with Crippen LogP contribution in [-0.2, 0) is 6.42 Å². The summed E-state index contributed by atoms with van der Waals surface area (Å²) in [6.07, 6.45) is -3.08. The Kier molecular flexibility index (Phi) is 6.44. The van der Waals surface area contributed by atoms with Crippen LogP contribution in [0, 0.1) is 35.1 Å². The molecule has 0 aromatic heterocycles. The van der Waals surface area contributed by atoms with Crippen molar-refractivity contribution in [2.75, 3.05) is 0 Å². The van der Waals surface area contributed by atoms with Crippen molar-refractivity contribution in [2.24, 2.45) is 0 Å². The zero-order valence-electron chi connectivity index (χ0n) is 16.1. The third-order valence-electron chi connectivity index (χ3n) is 4.46. The Balaban J connectivity index is 1.96. The number of fused-ring (bicyclic) bond motifs is 1. The summed E-state index contributed by atoms with van der Waals surface area (Å²) in [5, 5.41) is -0.420. The van der Waals surface area contributed by atoms with E-state index in [2.05, 4.69) is 16.6 Å². The fourth-order valence-corrected chi connectivity index (χ4v) is 3.00. The van der Waals surface area contributed by atoms with Gasteiger partial charge < -0.3 is 4.74 Å². The molecule has 0 saturated heterocycles. The largest absolute Gasteiger partial charge is 0.573 e. The van der Waals surface area contributed by atoms with E-state index in [0.29, 0.717) is 18.1 Å². The fraction of sp³-hybridized carbons (Fsp3) is 0.217. The summed E-state index contributed by atoms with van der Waals surface area (Å²) in [6.45, 7) is 1.96. The number of halogens is 7. The molecule has 0 aliphatic carbocycles. The lowest BCUT2D eigenvalue weighted by Crippen LogP contribution is -2.19. The maximum Gasteiger partial charge on any atom is 0.573 e. The third-order valence-corrected chi connectivity index (χ3v) is 4.46. The highest BCUT2D eigenvalue weighted by Gasteiger charge is 2.34. The molecule has 0 bridgehead atoms. The summed E-state index contributed by atoms with van der Waals surface area (Å²) >= 11 is 0. The molecule has 0 spiro atoms. The van der Waals surface area contributed by atoms with Gasteiger partial charge in [-0.1, -0.05) is 31.3 Å². The van der Waals surface area contributed by atoms with E-state index in [-0.39, 0.29) is 16.3 Å². The lowest BCUT2D eigenvalue weighted by Gasteiger charge is -2.12. The molecular weight excluding hydrogens is 425 g/mol. The highest BCUT2D eigenvalue weighted by atomic mass is 19.4. The quantitative estimate of drug-likeness (QED) is 0.312. The lowest BCUT2D eigenvalue weighted by molar-refractivity contribution is -0.276. The van der Waals surface area contributed by atoms with Crippen LogP contribution in [0.25, 0.3) is 10.8 Å². The van der Waals surface area contributed by atoms with Gasteiger partial charge >= 0.3 is 6.36 Å². The molecule has 0 radical (unpaired) electrons. The molecular formula is C23H15F7O. The maximum atomic E-state index is 14.3. The standard InChI is InChI=1S/C23H15F7O/c1-2-3-4-14-10-18(24)17(19(25)11-14)8-6-13-5-7-16-15(9-13)12-20(26)22(21(16)27)31-23(28,29)30/h5,7,9-12H,2-4H2,1H3. The number of hydrogen-bond donors (Lipinski definition) is 0. The van der Waals surface area contributed by atoms with Crippen LogP contribution in [0.1, 0.15) is 36.5 Å². The lowest BCUT2D eigenvalue weighted by atomic mass is 10.0. The van der Waals surface area contributed by atoms with Crippen molar-refractivity contribution in [3.63, 3.8) is 0 Å². The first-order valence-corrected chi connectivity index (χ1v) is 9.26. The molecule has 3 aromatic carbocycles. The maximum absolute atomic E-state index is 14.3. The number of ether oxygens (including phenoxy) is 1. The van der Waals surface area contributed by atoms with Crippen LogP contribution in [0.4, 0.5) is 30.7 Å². The smallest absolute Gasteiger partial charge is 0.399 e. The normalized spacial score (nSPS) is 11.4. The van der Waals surface area contributed by atoms with Gasteiger partial charge in [-0.05, 0) is 54.1 Å². The number of unbranched alkanes of at least 4 members (excludes halogenated alkanes) is 1. The van der Waals surface area contributed by atoms with Crippen LogP contribution in [0.2, 0.25) is 0 Å². The van der Waals surface area contributed by atoms with Gasteiger partial charge in [0.25, 0.3) is 0 Å². The van der Waals surface area contributed by atoms with Gasteiger partial charge in [-0.15, -0.1) is 13.2 Å². The molecule has 0 aliphatic rings. The van der Waals surface area contributed by atoms with Crippen molar-refractivity contribution in [3.8, 4) is 17.6 Å². The molecule has 0 saturated carbocycles. The summed E-state index contributed by atoms with van der Waals surface area (Å²) in [5.74, 6) is -1.43. The van der Waals surface area contributed by atoms with Crippen LogP contribution in [-0.4, -0.2) is 6.36 Å². The second-order valence-corrected chi connectivity index (χ2v) is 6.77. The van der Waals surface area contributed by atoms with Crippen molar-refractivity contribution in [2.45, 2.75) is 32.5 Å². The average Bonchev–Trinajstić information content (AvgIpc) is 2.68. The van der Waals surface area contributed by atoms with Crippen molar-refractivity contribution < 1.29 is 35.5 Å². The van der Waals surface area contributed by atoms with Gasteiger partial charge in [0.05, 0.1) is 5.56 Å². The van der Waals surface area contributed by atoms with Gasteiger partial charge in [-0.25, -0.2) is 17.6 Å². The number of rotatable bonds is 4. The Bertz CT molecular complexity index is 1160. The summed E-state index contributed by atoms with van der Waals surface area (Å²) in [4.78, 5) is 0. The molecule has 31 heavy (non-hydrogen) atoms. The highest BCUT2D eigenvalue weighted by molar-refractivity contribution is 5.86. The highest BCUT2D eigenvalue weighted by Crippen LogP contribution is 2.33. The Morgan fingerprint density at radius 2 is 1.55 bits per heavy atom. The summed E-state index contributed by atoms with van der Waals surface area (Å²) in [6, 6.07) is 6.58. The minimum atomic E-state index is -5.26. The van der Waals surface area contributed by atoms with E-state index in [1.54, 1.807) is 0 Å². The van der Waals surface area contributed by atoms with E-state index < -0.39 is 40.9 Å². The number of hydrogen-bond acceptors (Lipinski definition) is 1. The van der Waals surface area contributed by atoms with E-state index in [0.717, 1.165) is 18.9 Å². The fourth-order valence-electron chi connectivity index (χ4n) is 3.00. The average molecular weight is 440 g/mol. The monoisotopic (exact) mass is 440 g/mol. The molecule has 0 fully saturated rings. The van der Waals surface area contributed by atoms with E-state index >= 15 is 0 Å². The van der Waals surface area contributed by atoms with E-state index in [1.807, 2.05) is 6.92 Å². The summed E-state index contributed by atoms with van der Waals surface area (Å²) in [5.41, 5.74) is 0.215. The number of alkyl halides is 3. The zero-order chi connectivity index (χ0) is 22.8. The molecule has 8 heteroatoms. The summed E-state index contributed by atoms with van der Waals surface area (Å²) in [7, 11) is 0. The third kappa shape index (κ3) is 5.29. The second kappa shape index (κ2) is 8.88. The molecule has 0 unspecified atom stereocenters. The molecule has 3 rings (SSSR count). The SMILES string of the molecule is CCCCc1cc(F)c(C#Cc2ccc3c(F)c(OC(F)(F)F)c(F)cc3c2)c(F)c1. The van der Waals surface area contributed by atoms with Gasteiger partial charge in [-0.3, -0.25) is 0 Å². The number of aryl methyl sites for hydroxylation is 1. The molecule has 0 aliphatic heterocycles. The first-order chi connectivity index (χ1) is 14.6. The van der Waals surface area contributed by atoms with Crippen LogP contribution < -0.4 is 4.74 Å². The Hall–Kier alpha value is -3.21. The molecule has 162 valence electrons. The van der Waals surface area contributed by atoms with Crippen molar-refractivity contribution >= 4 is 10.8 Å². The van der Waals surface area contributed by atoms with Crippen LogP contribution in [0.3, 0.4) is 0 Å². The Morgan fingerprint density at radius 3 is 2.16 bits per heavy atom. The van der Waals surface area contributed by atoms with Crippen molar-refractivity contribution in [3.05, 3.63) is 76.4 Å². The molecule has 0 amide bonds. The summed E-state index contributed by atoms with van der Waals surface area (Å²) < 4.78 is 97.1. The van der Waals surface area contributed by atoms with Crippen molar-refractivity contribution in [1.29, 1.82) is 0 Å². The van der Waals surface area contributed by atoms with Gasteiger partial charge in [0, 0.05) is 10.9 Å². The van der Waals surface area contributed by atoms with Gasteiger partial charge in [-0.2, -0.15) is 0 Å². The predicted molar refractivity (Wildman–Crippen MR) is 101 cm³/mol. The first-order valence-electron chi connectivity index (χ1n) is 9.26. The zero-order valence-corrected chi connectivity index (χ0v) is 16.1.